The molecule has 1 N–H and O–H groups in total. The molecule has 1 aliphatic heterocycles. The van der Waals surface area contributed by atoms with Crippen molar-refractivity contribution in [2.24, 2.45) is 5.10 Å². The van der Waals surface area contributed by atoms with Crippen molar-refractivity contribution < 1.29 is 14.4 Å². The Labute approximate surface area is 130 Å². The van der Waals surface area contributed by atoms with Gasteiger partial charge >= 0.3 is 0 Å². The van der Waals surface area contributed by atoms with Crippen LogP contribution in [0.1, 0.15) is 5.56 Å². The summed E-state index contributed by atoms with van der Waals surface area (Å²) in [6.45, 7) is 0.0495. The Kier molecular flexibility index (Phi) is 3.80. The Morgan fingerprint density at radius 3 is 2.77 bits per heavy atom. The number of nitro benzene ring substituents is 1. The van der Waals surface area contributed by atoms with Crippen molar-refractivity contribution in [1.29, 1.82) is 0 Å². The SMILES string of the molecule is O=[N+]([O-])c1cc2c(cc1/C=N\Nc1cccc(Cl)c1)OCO2. The number of ether oxygens (including phenoxy) is 2. The van der Waals surface area contributed by atoms with Gasteiger partial charge < -0.3 is 9.47 Å². The lowest BCUT2D eigenvalue weighted by Crippen LogP contribution is -1.97. The van der Waals surface area contributed by atoms with E-state index >= 15 is 0 Å². The molecule has 1 heterocycles. The van der Waals surface area contributed by atoms with Gasteiger partial charge in [0.1, 0.15) is 0 Å². The van der Waals surface area contributed by atoms with Crippen LogP contribution in [0.4, 0.5) is 11.4 Å². The second kappa shape index (κ2) is 5.90. The summed E-state index contributed by atoms with van der Waals surface area (Å²) < 4.78 is 10.3. The van der Waals surface area contributed by atoms with Gasteiger partial charge in [0.25, 0.3) is 5.69 Å². The number of nitrogens with zero attached hydrogens (tertiary/aromatic N) is 2. The predicted octanol–water partition coefficient (Wildman–Crippen LogP) is 3.42. The molecular weight excluding hydrogens is 310 g/mol. The molecular formula is C14H10ClN3O4. The average molecular weight is 320 g/mol. The predicted molar refractivity (Wildman–Crippen MR) is 81.9 cm³/mol. The summed E-state index contributed by atoms with van der Waals surface area (Å²) in [7, 11) is 0. The van der Waals surface area contributed by atoms with Gasteiger partial charge in [0, 0.05) is 5.02 Å². The van der Waals surface area contributed by atoms with Crippen LogP contribution in [0, 0.1) is 10.1 Å². The molecule has 7 nitrogen and oxygen atoms in total. The Morgan fingerprint density at radius 1 is 1.27 bits per heavy atom. The Hall–Kier alpha value is -2.80. The first-order chi connectivity index (χ1) is 10.6. The van der Waals surface area contributed by atoms with E-state index < -0.39 is 4.92 Å². The molecule has 0 bridgehead atoms. The molecule has 0 aromatic heterocycles. The van der Waals surface area contributed by atoms with Gasteiger partial charge in [0.2, 0.25) is 6.79 Å². The molecule has 0 unspecified atom stereocenters. The normalized spacial score (nSPS) is 12.6. The highest BCUT2D eigenvalue weighted by molar-refractivity contribution is 6.30. The first-order valence-corrected chi connectivity index (χ1v) is 6.64. The van der Waals surface area contributed by atoms with E-state index in [-0.39, 0.29) is 12.5 Å². The van der Waals surface area contributed by atoms with Crippen molar-refractivity contribution in [3.63, 3.8) is 0 Å². The van der Waals surface area contributed by atoms with Crippen molar-refractivity contribution in [3.8, 4) is 11.5 Å². The van der Waals surface area contributed by atoms with Crippen LogP contribution >= 0.6 is 11.6 Å². The van der Waals surface area contributed by atoms with Crippen LogP contribution in [0.2, 0.25) is 5.02 Å². The third kappa shape index (κ3) is 2.94. The smallest absolute Gasteiger partial charge is 0.282 e. The van der Waals surface area contributed by atoms with Crippen LogP contribution in [-0.4, -0.2) is 17.9 Å². The average Bonchev–Trinajstić information content (AvgIpc) is 2.93. The summed E-state index contributed by atoms with van der Waals surface area (Å²) in [6, 6.07) is 9.80. The number of rotatable bonds is 4. The van der Waals surface area contributed by atoms with Crippen LogP contribution in [0.3, 0.4) is 0 Å². The lowest BCUT2D eigenvalue weighted by molar-refractivity contribution is -0.385. The van der Waals surface area contributed by atoms with Crippen LogP contribution in [-0.2, 0) is 0 Å². The molecule has 0 radical (unpaired) electrons. The van der Waals surface area contributed by atoms with E-state index in [0.717, 1.165) is 0 Å². The van der Waals surface area contributed by atoms with Crippen LogP contribution in [0.15, 0.2) is 41.5 Å². The maximum atomic E-state index is 11.1. The van der Waals surface area contributed by atoms with Gasteiger partial charge in [0.15, 0.2) is 11.5 Å². The molecule has 1 aliphatic rings. The minimum atomic E-state index is -0.497. The molecule has 0 amide bonds. The van der Waals surface area contributed by atoms with Crippen LogP contribution < -0.4 is 14.9 Å². The second-order valence-corrected chi connectivity index (χ2v) is 4.84. The summed E-state index contributed by atoms with van der Waals surface area (Å²) in [5.74, 6) is 0.807. The fourth-order valence-electron chi connectivity index (χ4n) is 1.94. The van der Waals surface area contributed by atoms with Gasteiger partial charge in [-0.2, -0.15) is 5.10 Å². The van der Waals surface area contributed by atoms with E-state index in [0.29, 0.717) is 27.8 Å². The maximum absolute atomic E-state index is 11.1. The summed E-state index contributed by atoms with van der Waals surface area (Å²) in [6.07, 6.45) is 1.35. The van der Waals surface area contributed by atoms with E-state index in [1.165, 1.54) is 18.3 Å². The molecule has 3 rings (SSSR count). The molecule has 0 saturated heterocycles. The molecule has 0 spiro atoms. The van der Waals surface area contributed by atoms with E-state index in [4.69, 9.17) is 21.1 Å². The number of anilines is 1. The lowest BCUT2D eigenvalue weighted by atomic mass is 10.1. The third-order valence-corrected chi connectivity index (χ3v) is 3.18. The van der Waals surface area contributed by atoms with Gasteiger partial charge in [-0.05, 0) is 24.3 Å². The number of hydrogen-bond donors (Lipinski definition) is 1. The fraction of sp³-hybridized carbons (Fsp3) is 0.0714. The molecule has 2 aromatic carbocycles. The molecule has 0 fully saturated rings. The molecule has 2 aromatic rings. The first kappa shape index (κ1) is 14.2. The van der Waals surface area contributed by atoms with Crippen molar-refractivity contribution >= 4 is 29.2 Å². The van der Waals surface area contributed by atoms with E-state index in [1.54, 1.807) is 24.3 Å². The van der Waals surface area contributed by atoms with E-state index in [2.05, 4.69) is 10.5 Å². The monoisotopic (exact) mass is 319 g/mol. The zero-order valence-corrected chi connectivity index (χ0v) is 11.9. The number of hydrazone groups is 1. The Balaban J connectivity index is 1.85. The van der Waals surface area contributed by atoms with E-state index in [1.807, 2.05) is 0 Å². The largest absolute Gasteiger partial charge is 0.454 e. The number of hydrogen-bond acceptors (Lipinski definition) is 6. The molecule has 0 saturated carbocycles. The highest BCUT2D eigenvalue weighted by Crippen LogP contribution is 2.37. The summed E-state index contributed by atoms with van der Waals surface area (Å²) in [5.41, 5.74) is 3.63. The minimum Gasteiger partial charge on any atom is -0.454 e. The van der Waals surface area contributed by atoms with Crippen LogP contribution in [0.25, 0.3) is 0 Å². The third-order valence-electron chi connectivity index (χ3n) is 2.94. The molecule has 22 heavy (non-hydrogen) atoms. The topological polar surface area (TPSA) is 86.0 Å². The lowest BCUT2D eigenvalue weighted by Gasteiger charge is -2.02. The van der Waals surface area contributed by atoms with Gasteiger partial charge in [0.05, 0.1) is 28.5 Å². The van der Waals surface area contributed by atoms with Gasteiger partial charge in [-0.3, -0.25) is 15.5 Å². The maximum Gasteiger partial charge on any atom is 0.282 e. The van der Waals surface area contributed by atoms with Gasteiger partial charge in [-0.25, -0.2) is 0 Å². The summed E-state index contributed by atoms with van der Waals surface area (Å²) in [4.78, 5) is 10.6. The molecule has 8 heteroatoms. The molecule has 0 atom stereocenters. The number of fused-ring (bicyclic) bond motifs is 1. The standard InChI is InChI=1S/C14H10ClN3O4/c15-10-2-1-3-11(5-10)17-16-7-9-4-13-14(22-8-21-13)6-12(9)18(19)20/h1-7,17H,8H2/b16-7-. The number of nitrogens with one attached hydrogen (secondary N) is 1. The van der Waals surface area contributed by atoms with Gasteiger partial charge in [-0.15, -0.1) is 0 Å². The van der Waals surface area contributed by atoms with Crippen LogP contribution in [0.5, 0.6) is 11.5 Å². The van der Waals surface area contributed by atoms with Crippen molar-refractivity contribution in [1.82, 2.24) is 0 Å². The Morgan fingerprint density at radius 2 is 2.05 bits per heavy atom. The fourth-order valence-corrected chi connectivity index (χ4v) is 2.13. The summed E-state index contributed by atoms with van der Waals surface area (Å²) in [5, 5.41) is 15.7. The Bertz CT molecular complexity index is 764. The number of nitro groups is 1. The zero-order valence-electron chi connectivity index (χ0n) is 11.2. The van der Waals surface area contributed by atoms with Gasteiger partial charge in [-0.1, -0.05) is 17.7 Å². The first-order valence-electron chi connectivity index (χ1n) is 6.26. The van der Waals surface area contributed by atoms with Crippen molar-refractivity contribution in [2.45, 2.75) is 0 Å². The van der Waals surface area contributed by atoms with E-state index in [9.17, 15) is 10.1 Å². The second-order valence-electron chi connectivity index (χ2n) is 4.40. The van der Waals surface area contributed by atoms with Crippen molar-refractivity contribution in [3.05, 3.63) is 57.1 Å². The molecule has 112 valence electrons. The minimum absolute atomic E-state index is 0.0495. The highest BCUT2D eigenvalue weighted by Gasteiger charge is 2.22. The molecule has 0 aliphatic carbocycles. The van der Waals surface area contributed by atoms with Crippen molar-refractivity contribution in [2.75, 3.05) is 12.2 Å². The zero-order chi connectivity index (χ0) is 15.5. The number of halogens is 1. The highest BCUT2D eigenvalue weighted by atomic mass is 35.5. The summed E-state index contributed by atoms with van der Waals surface area (Å²) >= 11 is 5.86. The number of benzene rings is 2. The quantitative estimate of drug-likeness (QED) is 0.530.